The molecule has 4 atom stereocenters. The predicted molar refractivity (Wildman–Crippen MR) is 93.5 cm³/mol. The van der Waals surface area contributed by atoms with E-state index in [0.29, 0.717) is 22.8 Å². The number of nitrogens with one attached hydrogen (secondary N) is 1. The molecule has 5 heteroatoms. The standard InChI is InChI=1S/C19H30N4O/c1-18(2)5-14-6-19(3,11-18)12-23(14)17(24)16-9-20-8-15(16)13-7-21-22(4)10-13/h7,10,14-16,20H,5-6,8-9,11-12H2,1-4H3/t14?,15-,16+,19?/m1/s1. The van der Waals surface area contributed by atoms with Gasteiger partial charge < -0.3 is 10.2 Å². The monoisotopic (exact) mass is 330 g/mol. The number of carbonyl (C=O) groups excluding carboxylic acids is 1. The van der Waals surface area contributed by atoms with Crippen LogP contribution in [0.3, 0.4) is 0 Å². The van der Waals surface area contributed by atoms with E-state index in [1.54, 1.807) is 0 Å². The molecule has 3 aliphatic rings. The van der Waals surface area contributed by atoms with E-state index in [1.165, 1.54) is 18.4 Å². The lowest BCUT2D eigenvalue weighted by Gasteiger charge is -2.39. The number of carbonyl (C=O) groups is 1. The van der Waals surface area contributed by atoms with Gasteiger partial charge in [-0.2, -0.15) is 5.10 Å². The van der Waals surface area contributed by atoms with E-state index >= 15 is 0 Å². The van der Waals surface area contributed by atoms with Crippen LogP contribution in [0.25, 0.3) is 0 Å². The average Bonchev–Trinajstić information content (AvgIpc) is 3.14. The zero-order valence-corrected chi connectivity index (χ0v) is 15.4. The summed E-state index contributed by atoms with van der Waals surface area (Å²) in [5, 5.41) is 7.74. The third-order valence-electron chi connectivity index (χ3n) is 6.38. The largest absolute Gasteiger partial charge is 0.339 e. The molecular weight excluding hydrogens is 300 g/mol. The molecule has 1 saturated carbocycles. The normalized spacial score (nSPS) is 37.8. The van der Waals surface area contributed by atoms with E-state index in [9.17, 15) is 4.79 Å². The van der Waals surface area contributed by atoms with Crippen molar-refractivity contribution in [3.8, 4) is 0 Å². The lowest BCUT2D eigenvalue weighted by atomic mass is 9.65. The highest BCUT2D eigenvalue weighted by molar-refractivity contribution is 5.81. The van der Waals surface area contributed by atoms with Gasteiger partial charge in [0, 0.05) is 44.8 Å². The third kappa shape index (κ3) is 2.67. The van der Waals surface area contributed by atoms with Crippen LogP contribution in [0, 0.1) is 16.7 Å². The molecule has 0 aromatic carbocycles. The van der Waals surface area contributed by atoms with E-state index in [4.69, 9.17) is 0 Å². The highest BCUT2D eigenvalue weighted by atomic mass is 16.2. The Balaban J connectivity index is 1.55. The Kier molecular flexibility index (Phi) is 3.57. The van der Waals surface area contributed by atoms with E-state index in [2.05, 4.69) is 42.3 Å². The molecule has 132 valence electrons. The van der Waals surface area contributed by atoms with Crippen molar-refractivity contribution in [3.05, 3.63) is 18.0 Å². The number of nitrogens with zero attached hydrogens (tertiary/aromatic N) is 3. The molecule has 2 saturated heterocycles. The quantitative estimate of drug-likeness (QED) is 0.904. The first-order valence-corrected chi connectivity index (χ1v) is 9.26. The van der Waals surface area contributed by atoms with Gasteiger partial charge in [-0.15, -0.1) is 0 Å². The van der Waals surface area contributed by atoms with Gasteiger partial charge in [0.25, 0.3) is 0 Å². The lowest BCUT2D eigenvalue weighted by molar-refractivity contribution is -0.136. The molecule has 1 aliphatic carbocycles. The minimum Gasteiger partial charge on any atom is -0.339 e. The topological polar surface area (TPSA) is 50.2 Å². The van der Waals surface area contributed by atoms with Crippen molar-refractivity contribution < 1.29 is 4.79 Å². The molecule has 24 heavy (non-hydrogen) atoms. The van der Waals surface area contributed by atoms with Crippen LogP contribution < -0.4 is 5.32 Å². The molecule has 2 unspecified atom stereocenters. The van der Waals surface area contributed by atoms with Crippen LogP contribution in [-0.2, 0) is 11.8 Å². The molecule has 0 radical (unpaired) electrons. The minimum absolute atomic E-state index is 0.0558. The smallest absolute Gasteiger partial charge is 0.227 e. The van der Waals surface area contributed by atoms with Crippen LogP contribution in [0.4, 0.5) is 0 Å². The van der Waals surface area contributed by atoms with Crippen molar-refractivity contribution in [1.82, 2.24) is 20.0 Å². The van der Waals surface area contributed by atoms with Crippen molar-refractivity contribution >= 4 is 5.91 Å². The van der Waals surface area contributed by atoms with Gasteiger partial charge in [-0.05, 0) is 35.7 Å². The first-order chi connectivity index (χ1) is 11.3. The Morgan fingerprint density at radius 2 is 2.08 bits per heavy atom. The summed E-state index contributed by atoms with van der Waals surface area (Å²) in [6.07, 6.45) is 7.54. The third-order valence-corrected chi connectivity index (χ3v) is 6.38. The van der Waals surface area contributed by atoms with Crippen LogP contribution in [0.15, 0.2) is 12.4 Å². The molecule has 5 nitrogen and oxygen atoms in total. The number of fused-ring (bicyclic) bond motifs is 2. The zero-order chi connectivity index (χ0) is 17.1. The summed E-state index contributed by atoms with van der Waals surface area (Å²) in [5.74, 6) is 0.674. The van der Waals surface area contributed by atoms with Gasteiger partial charge in [0.2, 0.25) is 5.91 Å². The van der Waals surface area contributed by atoms with E-state index in [0.717, 1.165) is 26.1 Å². The highest BCUT2D eigenvalue weighted by Gasteiger charge is 2.52. The van der Waals surface area contributed by atoms with Gasteiger partial charge in [0.05, 0.1) is 12.1 Å². The van der Waals surface area contributed by atoms with Crippen LogP contribution in [0.2, 0.25) is 0 Å². The van der Waals surface area contributed by atoms with Crippen molar-refractivity contribution in [2.75, 3.05) is 19.6 Å². The van der Waals surface area contributed by atoms with Crippen LogP contribution in [-0.4, -0.2) is 46.3 Å². The maximum absolute atomic E-state index is 13.4. The second-order valence-electron chi connectivity index (χ2n) is 9.50. The SMILES string of the molecule is Cn1cc([C@H]2CNC[C@@H]2C(=O)N2CC3(C)CC2CC(C)(C)C3)cn1. The summed E-state index contributed by atoms with van der Waals surface area (Å²) < 4.78 is 1.83. The Morgan fingerprint density at radius 3 is 2.79 bits per heavy atom. The summed E-state index contributed by atoms with van der Waals surface area (Å²) in [6.45, 7) is 9.71. The summed E-state index contributed by atoms with van der Waals surface area (Å²) in [7, 11) is 1.94. The minimum atomic E-state index is 0.0558. The van der Waals surface area contributed by atoms with E-state index < -0.39 is 0 Å². The Morgan fingerprint density at radius 1 is 1.29 bits per heavy atom. The second-order valence-corrected chi connectivity index (χ2v) is 9.50. The molecule has 2 bridgehead atoms. The molecule has 0 spiro atoms. The fourth-order valence-corrected chi connectivity index (χ4v) is 5.85. The Hall–Kier alpha value is -1.36. The second kappa shape index (κ2) is 5.32. The number of hydrogen-bond acceptors (Lipinski definition) is 3. The zero-order valence-electron chi connectivity index (χ0n) is 15.4. The molecule has 4 rings (SSSR count). The Bertz CT molecular complexity index is 652. The maximum atomic E-state index is 13.4. The van der Waals surface area contributed by atoms with Crippen molar-refractivity contribution in [2.45, 2.75) is 52.0 Å². The van der Waals surface area contributed by atoms with Crippen molar-refractivity contribution in [1.29, 1.82) is 0 Å². The highest BCUT2D eigenvalue weighted by Crippen LogP contribution is 2.53. The number of likely N-dealkylation sites (tertiary alicyclic amines) is 1. The number of rotatable bonds is 2. The molecule has 1 aromatic heterocycles. The summed E-state index contributed by atoms with van der Waals surface area (Å²) in [4.78, 5) is 15.6. The Labute approximate surface area is 144 Å². The van der Waals surface area contributed by atoms with Crippen molar-refractivity contribution in [2.24, 2.45) is 23.8 Å². The van der Waals surface area contributed by atoms with Gasteiger partial charge in [-0.3, -0.25) is 9.48 Å². The summed E-state index contributed by atoms with van der Waals surface area (Å²) >= 11 is 0. The van der Waals surface area contributed by atoms with Crippen LogP contribution >= 0.6 is 0 Å². The molecule has 2 aliphatic heterocycles. The van der Waals surface area contributed by atoms with Gasteiger partial charge in [-0.1, -0.05) is 20.8 Å². The predicted octanol–water partition coefficient (Wildman–Crippen LogP) is 2.15. The first-order valence-electron chi connectivity index (χ1n) is 9.26. The molecule has 1 N–H and O–H groups in total. The number of aromatic nitrogens is 2. The van der Waals surface area contributed by atoms with Crippen LogP contribution in [0.1, 0.15) is 51.5 Å². The van der Waals surface area contributed by atoms with Crippen molar-refractivity contribution in [3.63, 3.8) is 0 Å². The number of hydrogen-bond donors (Lipinski definition) is 1. The van der Waals surface area contributed by atoms with E-state index in [1.807, 2.05) is 17.9 Å². The molecule has 3 fully saturated rings. The number of amides is 1. The summed E-state index contributed by atoms with van der Waals surface area (Å²) in [6, 6.07) is 0.432. The lowest BCUT2D eigenvalue weighted by Crippen LogP contribution is -2.42. The fourth-order valence-electron chi connectivity index (χ4n) is 5.85. The van der Waals surface area contributed by atoms with Gasteiger partial charge >= 0.3 is 0 Å². The fraction of sp³-hybridized carbons (Fsp3) is 0.789. The molecule has 1 amide bonds. The average molecular weight is 330 g/mol. The summed E-state index contributed by atoms with van der Waals surface area (Å²) in [5.41, 5.74) is 1.84. The number of aryl methyl sites for hydroxylation is 1. The first kappa shape index (κ1) is 16.1. The molecular formula is C19H30N4O. The molecule has 3 heterocycles. The van der Waals surface area contributed by atoms with Gasteiger partial charge in [0.15, 0.2) is 0 Å². The maximum Gasteiger partial charge on any atom is 0.227 e. The van der Waals surface area contributed by atoms with Gasteiger partial charge in [-0.25, -0.2) is 0 Å². The van der Waals surface area contributed by atoms with Crippen LogP contribution in [0.5, 0.6) is 0 Å². The van der Waals surface area contributed by atoms with E-state index in [-0.39, 0.29) is 11.8 Å². The van der Waals surface area contributed by atoms with Gasteiger partial charge in [0.1, 0.15) is 0 Å². The molecule has 1 aromatic rings.